The van der Waals surface area contributed by atoms with Gasteiger partial charge >= 0.3 is 5.63 Å². The number of rotatable bonds is 4. The monoisotopic (exact) mass is 366 g/mol. The lowest BCUT2D eigenvalue weighted by Gasteiger charge is -2.08. The molecule has 0 spiro atoms. The molecule has 0 amide bonds. The number of nitrogens with zero attached hydrogens (tertiary/aromatic N) is 2. The van der Waals surface area contributed by atoms with Gasteiger partial charge in [0.2, 0.25) is 0 Å². The molecule has 0 N–H and O–H groups in total. The van der Waals surface area contributed by atoms with Gasteiger partial charge in [0.15, 0.2) is 0 Å². The van der Waals surface area contributed by atoms with Crippen molar-refractivity contribution in [2.24, 2.45) is 0 Å². The fourth-order valence-corrected chi connectivity index (χ4v) is 4.03. The topological polar surface area (TPSA) is 65.1 Å². The molecule has 0 bridgehead atoms. The Kier molecular flexibility index (Phi) is 4.20. The Morgan fingerprint density at radius 3 is 2.69 bits per heavy atom. The predicted octanol–water partition coefficient (Wildman–Crippen LogP) is 3.74. The molecule has 5 nitrogen and oxygen atoms in total. The summed E-state index contributed by atoms with van der Waals surface area (Å²) in [7, 11) is 0. The van der Waals surface area contributed by atoms with Crippen LogP contribution in [0.1, 0.15) is 29.9 Å². The highest BCUT2D eigenvalue weighted by molar-refractivity contribution is 7.18. The van der Waals surface area contributed by atoms with Crippen LogP contribution >= 0.6 is 11.3 Å². The Balaban J connectivity index is 1.84. The van der Waals surface area contributed by atoms with Crippen molar-refractivity contribution < 1.29 is 4.42 Å². The second-order valence-corrected chi connectivity index (χ2v) is 7.35. The number of thiophene rings is 1. The molecule has 0 aliphatic heterocycles. The third-order valence-corrected chi connectivity index (χ3v) is 5.75. The molecule has 3 aromatic heterocycles. The van der Waals surface area contributed by atoms with Crippen LogP contribution in [-0.4, -0.2) is 9.55 Å². The highest BCUT2D eigenvalue weighted by atomic mass is 32.1. The smallest absolute Gasteiger partial charge is 0.336 e. The highest BCUT2D eigenvalue weighted by Gasteiger charge is 2.11. The first kappa shape index (κ1) is 16.7. The zero-order valence-corrected chi connectivity index (χ0v) is 15.4. The average molecular weight is 366 g/mol. The lowest BCUT2D eigenvalue weighted by molar-refractivity contribution is 0.557. The Labute approximate surface area is 153 Å². The fraction of sp³-hybridized carbons (Fsp3) is 0.250. The first-order valence-electron chi connectivity index (χ1n) is 8.62. The van der Waals surface area contributed by atoms with Crippen molar-refractivity contribution in [3.63, 3.8) is 0 Å². The van der Waals surface area contributed by atoms with Crippen molar-refractivity contribution in [3.8, 4) is 0 Å². The third-order valence-electron chi connectivity index (χ3n) is 4.56. The lowest BCUT2D eigenvalue weighted by Crippen LogP contribution is -2.21. The number of hydrogen-bond donors (Lipinski definition) is 0. The maximum absolute atomic E-state index is 12.8. The van der Waals surface area contributed by atoms with Crippen molar-refractivity contribution in [1.29, 1.82) is 0 Å². The van der Waals surface area contributed by atoms with E-state index in [1.165, 1.54) is 6.07 Å². The molecule has 0 atom stereocenters. The van der Waals surface area contributed by atoms with Crippen molar-refractivity contribution in [3.05, 3.63) is 73.4 Å². The van der Waals surface area contributed by atoms with E-state index < -0.39 is 5.63 Å². The van der Waals surface area contributed by atoms with Crippen LogP contribution in [0.3, 0.4) is 0 Å². The first-order valence-corrected chi connectivity index (χ1v) is 9.44. The van der Waals surface area contributed by atoms with Crippen LogP contribution in [0.2, 0.25) is 0 Å². The normalized spacial score (nSPS) is 11.5. The number of aryl methyl sites for hydroxylation is 2. The number of hydrogen-bond acceptors (Lipinski definition) is 5. The Morgan fingerprint density at radius 2 is 1.92 bits per heavy atom. The summed E-state index contributed by atoms with van der Waals surface area (Å²) >= 11 is 1.55. The summed E-state index contributed by atoms with van der Waals surface area (Å²) in [6, 6.07) is 9.22. The SMILES string of the molecule is CCc1ccc2c(Cn3cnc4sc(CC)cc4c3=O)cc(=O)oc2c1. The predicted molar refractivity (Wildman–Crippen MR) is 104 cm³/mol. The molecule has 132 valence electrons. The van der Waals surface area contributed by atoms with Crippen molar-refractivity contribution in [2.75, 3.05) is 0 Å². The Morgan fingerprint density at radius 1 is 1.08 bits per heavy atom. The van der Waals surface area contributed by atoms with Gasteiger partial charge in [-0.3, -0.25) is 9.36 Å². The van der Waals surface area contributed by atoms with Gasteiger partial charge in [0.1, 0.15) is 10.4 Å². The van der Waals surface area contributed by atoms with Crippen LogP contribution in [-0.2, 0) is 19.4 Å². The second kappa shape index (κ2) is 6.53. The molecule has 0 aliphatic rings. The zero-order chi connectivity index (χ0) is 18.3. The van der Waals surface area contributed by atoms with Gasteiger partial charge in [0.25, 0.3) is 5.56 Å². The maximum atomic E-state index is 12.8. The minimum atomic E-state index is -0.411. The van der Waals surface area contributed by atoms with E-state index in [1.807, 2.05) is 24.3 Å². The van der Waals surface area contributed by atoms with E-state index in [0.717, 1.165) is 39.1 Å². The van der Waals surface area contributed by atoms with Crippen molar-refractivity contribution in [1.82, 2.24) is 9.55 Å². The molecule has 26 heavy (non-hydrogen) atoms. The van der Waals surface area contributed by atoms with Gasteiger partial charge in [-0.25, -0.2) is 9.78 Å². The van der Waals surface area contributed by atoms with Crippen molar-refractivity contribution in [2.45, 2.75) is 33.2 Å². The quantitative estimate of drug-likeness (QED) is 0.516. The van der Waals surface area contributed by atoms with E-state index >= 15 is 0 Å². The summed E-state index contributed by atoms with van der Waals surface area (Å²) in [4.78, 5) is 31.1. The highest BCUT2D eigenvalue weighted by Crippen LogP contribution is 2.22. The van der Waals surface area contributed by atoms with E-state index in [0.29, 0.717) is 11.0 Å². The first-order chi connectivity index (χ1) is 12.6. The van der Waals surface area contributed by atoms with E-state index in [4.69, 9.17) is 4.42 Å². The van der Waals surface area contributed by atoms with Gasteiger partial charge < -0.3 is 4.42 Å². The largest absolute Gasteiger partial charge is 0.423 e. The summed E-state index contributed by atoms with van der Waals surface area (Å²) in [5.41, 5.74) is 1.92. The molecule has 4 aromatic rings. The van der Waals surface area contributed by atoms with Crippen LogP contribution < -0.4 is 11.2 Å². The maximum Gasteiger partial charge on any atom is 0.336 e. The fourth-order valence-electron chi connectivity index (χ4n) is 3.11. The molecule has 0 radical (unpaired) electrons. The Hall–Kier alpha value is -2.73. The van der Waals surface area contributed by atoms with Crippen molar-refractivity contribution >= 4 is 32.5 Å². The molecule has 4 rings (SSSR count). The zero-order valence-electron chi connectivity index (χ0n) is 14.6. The minimum absolute atomic E-state index is 0.0856. The summed E-state index contributed by atoms with van der Waals surface area (Å²) < 4.78 is 6.90. The van der Waals surface area contributed by atoms with Gasteiger partial charge in [0.05, 0.1) is 18.3 Å². The molecule has 3 heterocycles. The third kappa shape index (κ3) is 2.86. The molecule has 0 saturated heterocycles. The van der Waals surface area contributed by atoms with Crippen LogP contribution in [0, 0.1) is 0 Å². The number of fused-ring (bicyclic) bond motifs is 2. The minimum Gasteiger partial charge on any atom is -0.423 e. The molecule has 0 aliphatic carbocycles. The van der Waals surface area contributed by atoms with E-state index in [9.17, 15) is 9.59 Å². The van der Waals surface area contributed by atoms with Crippen LogP contribution in [0.25, 0.3) is 21.2 Å². The standard InChI is InChI=1S/C20H18N2O3S/c1-3-12-5-6-15-13(8-18(23)25-17(15)7-12)10-22-11-21-19-16(20(22)24)9-14(4-2)26-19/h5-9,11H,3-4,10H2,1-2H3. The molecular weight excluding hydrogens is 348 g/mol. The summed E-state index contributed by atoms with van der Waals surface area (Å²) in [6.07, 6.45) is 3.30. The molecular formula is C20H18N2O3S. The average Bonchev–Trinajstić information content (AvgIpc) is 3.07. The Bertz CT molecular complexity index is 1230. The second-order valence-electron chi connectivity index (χ2n) is 6.24. The molecule has 0 fully saturated rings. The number of benzene rings is 1. The van der Waals surface area contributed by atoms with Crippen LogP contribution in [0.4, 0.5) is 0 Å². The van der Waals surface area contributed by atoms with Crippen LogP contribution in [0.5, 0.6) is 0 Å². The molecule has 1 aromatic carbocycles. The van der Waals surface area contributed by atoms with Gasteiger partial charge in [-0.1, -0.05) is 26.0 Å². The van der Waals surface area contributed by atoms with E-state index in [-0.39, 0.29) is 12.1 Å². The van der Waals surface area contributed by atoms with E-state index in [2.05, 4.69) is 18.8 Å². The summed E-state index contributed by atoms with van der Waals surface area (Å²) in [6.45, 7) is 4.39. The molecule has 0 unspecified atom stereocenters. The van der Waals surface area contributed by atoms with E-state index in [1.54, 1.807) is 22.2 Å². The lowest BCUT2D eigenvalue weighted by atomic mass is 10.1. The molecule has 0 saturated carbocycles. The van der Waals surface area contributed by atoms with Gasteiger partial charge in [-0.2, -0.15) is 0 Å². The summed E-state index contributed by atoms with van der Waals surface area (Å²) in [5.74, 6) is 0. The molecule has 6 heteroatoms. The number of aromatic nitrogens is 2. The van der Waals surface area contributed by atoms with Gasteiger partial charge in [0, 0.05) is 16.3 Å². The van der Waals surface area contributed by atoms with Crippen LogP contribution in [0.15, 0.2) is 50.7 Å². The van der Waals surface area contributed by atoms with Gasteiger partial charge in [-0.05, 0) is 36.1 Å². The summed E-state index contributed by atoms with van der Waals surface area (Å²) in [5, 5.41) is 1.48. The van der Waals surface area contributed by atoms with Gasteiger partial charge in [-0.15, -0.1) is 11.3 Å².